The van der Waals surface area contributed by atoms with E-state index in [0.29, 0.717) is 42.6 Å². The van der Waals surface area contributed by atoms with E-state index in [1.165, 1.54) is 0 Å². The molecule has 4 aromatic rings. The summed E-state index contributed by atoms with van der Waals surface area (Å²) in [4.78, 5) is 32.2. The van der Waals surface area contributed by atoms with Gasteiger partial charge in [-0.1, -0.05) is 12.1 Å². The fourth-order valence-corrected chi connectivity index (χ4v) is 3.94. The van der Waals surface area contributed by atoms with Crippen LogP contribution in [0.15, 0.2) is 59.8 Å². The standard InChI is InChI=1S/C24H23N5O3/c1-28-15-18(13-27-28)17-10-21-22(26-12-17)5-3-16-2-4-19(11-20(16)24(21)31)25-14-23(30)29-6-8-32-9-7-29/h2-5,10-13,15,25H,6-9,14H2,1H3. The number of morpholine rings is 1. The minimum absolute atomic E-state index is 0.0186. The monoisotopic (exact) mass is 429 g/mol. The fraction of sp³-hybridized carbons (Fsp3) is 0.250. The molecule has 5 rings (SSSR count). The number of hydrogen-bond donors (Lipinski definition) is 1. The molecule has 0 aliphatic carbocycles. The summed E-state index contributed by atoms with van der Waals surface area (Å²) < 4.78 is 7.01. The Hall–Kier alpha value is -3.78. The number of rotatable bonds is 4. The van der Waals surface area contributed by atoms with Gasteiger partial charge in [0.1, 0.15) is 0 Å². The van der Waals surface area contributed by atoms with Gasteiger partial charge in [0.05, 0.1) is 31.5 Å². The number of hydrogen-bond acceptors (Lipinski definition) is 6. The quantitative estimate of drug-likeness (QED) is 0.536. The lowest BCUT2D eigenvalue weighted by Gasteiger charge is -2.27. The van der Waals surface area contributed by atoms with E-state index in [9.17, 15) is 9.59 Å². The highest BCUT2D eigenvalue weighted by Gasteiger charge is 2.16. The Morgan fingerprint density at radius 3 is 2.66 bits per heavy atom. The van der Waals surface area contributed by atoms with E-state index < -0.39 is 0 Å². The number of nitrogens with zero attached hydrogens (tertiary/aromatic N) is 4. The smallest absolute Gasteiger partial charge is 0.242 e. The second-order valence-electron chi connectivity index (χ2n) is 7.87. The van der Waals surface area contributed by atoms with Crippen molar-refractivity contribution in [2.24, 2.45) is 7.05 Å². The van der Waals surface area contributed by atoms with Gasteiger partial charge >= 0.3 is 0 Å². The molecule has 0 bridgehead atoms. The fourth-order valence-electron chi connectivity index (χ4n) is 3.94. The van der Waals surface area contributed by atoms with Crippen molar-refractivity contribution in [3.63, 3.8) is 0 Å². The van der Waals surface area contributed by atoms with Crippen LogP contribution < -0.4 is 10.7 Å². The summed E-state index contributed by atoms with van der Waals surface area (Å²) in [5.41, 5.74) is 3.01. The van der Waals surface area contributed by atoms with E-state index in [-0.39, 0.29) is 17.9 Å². The summed E-state index contributed by atoms with van der Waals surface area (Å²) in [6, 6.07) is 11.2. The Morgan fingerprint density at radius 2 is 1.88 bits per heavy atom. The summed E-state index contributed by atoms with van der Waals surface area (Å²) in [6.45, 7) is 2.53. The van der Waals surface area contributed by atoms with Crippen molar-refractivity contribution < 1.29 is 9.53 Å². The predicted molar refractivity (Wildman–Crippen MR) is 124 cm³/mol. The third kappa shape index (κ3) is 3.92. The molecule has 0 spiro atoms. The lowest BCUT2D eigenvalue weighted by Crippen LogP contribution is -2.43. The second-order valence-corrected chi connectivity index (χ2v) is 7.87. The summed E-state index contributed by atoms with van der Waals surface area (Å²) >= 11 is 0. The molecule has 8 heteroatoms. The van der Waals surface area contributed by atoms with Crippen molar-refractivity contribution in [2.75, 3.05) is 38.2 Å². The molecule has 2 aromatic heterocycles. The SMILES string of the molecule is Cn1cc(-c2cnc3ccc4ccc(NCC(=O)N5CCOCC5)cc4c(=O)c3c2)cn1. The minimum Gasteiger partial charge on any atom is -0.378 e. The number of anilines is 1. The number of fused-ring (bicyclic) bond motifs is 2. The van der Waals surface area contributed by atoms with Crippen LogP contribution in [0.3, 0.4) is 0 Å². The highest BCUT2D eigenvalue weighted by atomic mass is 16.5. The van der Waals surface area contributed by atoms with Gasteiger partial charge in [0.25, 0.3) is 0 Å². The van der Waals surface area contributed by atoms with E-state index >= 15 is 0 Å². The molecule has 32 heavy (non-hydrogen) atoms. The first-order chi connectivity index (χ1) is 15.6. The van der Waals surface area contributed by atoms with Gasteiger partial charge in [0.2, 0.25) is 5.91 Å². The summed E-state index contributed by atoms with van der Waals surface area (Å²) in [7, 11) is 1.85. The lowest BCUT2D eigenvalue weighted by molar-refractivity contribution is -0.133. The number of ether oxygens (including phenoxy) is 1. The molecule has 2 aromatic carbocycles. The van der Waals surface area contributed by atoms with Crippen molar-refractivity contribution in [3.8, 4) is 11.1 Å². The Kier molecular flexibility index (Phi) is 5.28. The van der Waals surface area contributed by atoms with Crippen molar-refractivity contribution in [3.05, 3.63) is 65.2 Å². The Labute approximate surface area is 184 Å². The first kappa shape index (κ1) is 20.1. The third-order valence-electron chi connectivity index (χ3n) is 5.73. The Bertz CT molecular complexity index is 1380. The first-order valence-corrected chi connectivity index (χ1v) is 10.5. The van der Waals surface area contributed by atoms with Gasteiger partial charge in [-0.3, -0.25) is 19.3 Å². The topological polar surface area (TPSA) is 89.4 Å². The zero-order chi connectivity index (χ0) is 22.1. The van der Waals surface area contributed by atoms with E-state index in [2.05, 4.69) is 15.4 Å². The van der Waals surface area contributed by atoms with Crippen LogP contribution in [0.2, 0.25) is 0 Å². The van der Waals surface area contributed by atoms with Gasteiger partial charge in [-0.15, -0.1) is 0 Å². The number of benzene rings is 1. The molecule has 1 aliphatic heterocycles. The van der Waals surface area contributed by atoms with Crippen LogP contribution in [-0.4, -0.2) is 58.4 Å². The molecule has 1 aliphatic rings. The molecular formula is C24H23N5O3. The number of amides is 1. The van der Waals surface area contributed by atoms with E-state index in [1.807, 2.05) is 43.6 Å². The Morgan fingerprint density at radius 1 is 1.06 bits per heavy atom. The number of nitrogens with one attached hydrogen (secondary N) is 1. The zero-order valence-corrected chi connectivity index (χ0v) is 17.7. The van der Waals surface area contributed by atoms with Crippen LogP contribution in [0.4, 0.5) is 5.69 Å². The summed E-state index contributed by atoms with van der Waals surface area (Å²) in [6.07, 6.45) is 5.40. The molecular weight excluding hydrogens is 406 g/mol. The highest BCUT2D eigenvalue weighted by molar-refractivity contribution is 5.94. The van der Waals surface area contributed by atoms with Crippen molar-refractivity contribution >= 4 is 33.3 Å². The predicted octanol–water partition coefficient (Wildman–Crippen LogP) is 2.42. The molecule has 0 saturated carbocycles. The van der Waals surface area contributed by atoms with Gasteiger partial charge in [-0.25, -0.2) is 0 Å². The van der Waals surface area contributed by atoms with Gasteiger partial charge in [0.15, 0.2) is 5.43 Å². The molecule has 0 radical (unpaired) electrons. The third-order valence-corrected chi connectivity index (χ3v) is 5.73. The number of carbonyl (C=O) groups is 1. The van der Waals surface area contributed by atoms with Crippen LogP contribution in [0.1, 0.15) is 0 Å². The highest BCUT2D eigenvalue weighted by Crippen LogP contribution is 2.23. The molecule has 0 atom stereocenters. The molecule has 162 valence electrons. The van der Waals surface area contributed by atoms with Crippen molar-refractivity contribution in [2.45, 2.75) is 0 Å². The van der Waals surface area contributed by atoms with Crippen molar-refractivity contribution in [1.29, 1.82) is 0 Å². The summed E-state index contributed by atoms with van der Waals surface area (Å²) in [5, 5.41) is 9.31. The average Bonchev–Trinajstić information content (AvgIpc) is 3.22. The average molecular weight is 429 g/mol. The van der Waals surface area contributed by atoms with Gasteiger partial charge < -0.3 is 15.0 Å². The number of carbonyl (C=O) groups excluding carboxylic acids is 1. The molecule has 3 heterocycles. The normalized spacial score (nSPS) is 14.1. The van der Waals surface area contributed by atoms with Gasteiger partial charge in [-0.2, -0.15) is 5.10 Å². The molecule has 8 nitrogen and oxygen atoms in total. The van der Waals surface area contributed by atoms with Crippen LogP contribution in [-0.2, 0) is 16.6 Å². The molecule has 1 amide bonds. The Balaban J connectivity index is 1.49. The molecule has 1 N–H and O–H groups in total. The number of aromatic nitrogens is 3. The molecule has 0 unspecified atom stereocenters. The van der Waals surface area contributed by atoms with E-state index in [1.54, 1.807) is 28.0 Å². The van der Waals surface area contributed by atoms with Crippen LogP contribution in [0, 0.1) is 0 Å². The van der Waals surface area contributed by atoms with E-state index in [0.717, 1.165) is 22.2 Å². The van der Waals surface area contributed by atoms with Gasteiger partial charge in [0, 0.05) is 60.1 Å². The van der Waals surface area contributed by atoms with Crippen molar-refractivity contribution in [1.82, 2.24) is 19.7 Å². The number of aryl methyl sites for hydroxylation is 1. The maximum Gasteiger partial charge on any atom is 0.242 e. The van der Waals surface area contributed by atoms with Crippen LogP contribution in [0.25, 0.3) is 32.8 Å². The lowest BCUT2D eigenvalue weighted by atomic mass is 10.1. The van der Waals surface area contributed by atoms with E-state index in [4.69, 9.17) is 4.74 Å². The summed E-state index contributed by atoms with van der Waals surface area (Å²) in [5.74, 6) is 0.0186. The van der Waals surface area contributed by atoms with Crippen LogP contribution >= 0.6 is 0 Å². The molecule has 1 saturated heterocycles. The maximum atomic E-state index is 13.4. The van der Waals surface area contributed by atoms with Gasteiger partial charge in [-0.05, 0) is 29.7 Å². The second kappa shape index (κ2) is 8.39. The maximum absolute atomic E-state index is 13.4. The first-order valence-electron chi connectivity index (χ1n) is 10.5. The zero-order valence-electron chi connectivity index (χ0n) is 17.7. The minimum atomic E-state index is -0.0959. The largest absolute Gasteiger partial charge is 0.378 e. The molecule has 1 fully saturated rings. The van der Waals surface area contributed by atoms with Crippen LogP contribution in [0.5, 0.6) is 0 Å². The number of pyridine rings is 1.